The average molecular weight is 269 g/mol. The molecule has 100 valence electrons. The number of aromatic amines is 1. The summed E-state index contributed by atoms with van der Waals surface area (Å²) in [7, 11) is 0. The maximum atomic E-state index is 12.1. The number of alkyl halides is 3. The second kappa shape index (κ2) is 4.79. The molecular formula is C13H10F3NO2. The van der Waals surface area contributed by atoms with Crippen molar-refractivity contribution >= 4 is 0 Å². The Morgan fingerprint density at radius 1 is 1.16 bits per heavy atom. The van der Waals surface area contributed by atoms with Crippen LogP contribution in [0.5, 0.6) is 5.75 Å². The summed E-state index contributed by atoms with van der Waals surface area (Å²) in [6.07, 6.45) is -4.75. The van der Waals surface area contributed by atoms with Crippen LogP contribution >= 0.6 is 0 Å². The highest BCUT2D eigenvalue weighted by atomic mass is 19.4. The third-order valence-corrected chi connectivity index (χ3v) is 2.43. The molecule has 1 aromatic heterocycles. The summed E-state index contributed by atoms with van der Waals surface area (Å²) in [5, 5.41) is 0. The Labute approximate surface area is 106 Å². The molecular weight excluding hydrogens is 259 g/mol. The molecule has 2 rings (SSSR count). The molecule has 0 spiro atoms. The van der Waals surface area contributed by atoms with Gasteiger partial charge in [0.05, 0.1) is 0 Å². The molecule has 0 aliphatic heterocycles. The van der Waals surface area contributed by atoms with Crippen molar-refractivity contribution in [1.82, 2.24) is 4.98 Å². The second-order valence-electron chi connectivity index (χ2n) is 3.96. The average Bonchev–Trinajstić information content (AvgIpc) is 2.26. The van der Waals surface area contributed by atoms with Crippen molar-refractivity contribution in [3.05, 3.63) is 52.4 Å². The van der Waals surface area contributed by atoms with Gasteiger partial charge in [0.2, 0.25) is 0 Å². The number of ether oxygens (including phenoxy) is 1. The van der Waals surface area contributed by atoms with Crippen molar-refractivity contribution < 1.29 is 17.9 Å². The lowest BCUT2D eigenvalue weighted by Gasteiger charge is -2.09. The van der Waals surface area contributed by atoms with Crippen LogP contribution in [-0.4, -0.2) is 11.3 Å². The molecule has 2 aromatic rings. The second-order valence-corrected chi connectivity index (χ2v) is 3.96. The van der Waals surface area contributed by atoms with Gasteiger partial charge in [-0.2, -0.15) is 0 Å². The molecule has 0 radical (unpaired) electrons. The first-order chi connectivity index (χ1) is 8.85. The number of H-pyrrole nitrogens is 1. The highest BCUT2D eigenvalue weighted by Crippen LogP contribution is 2.26. The topological polar surface area (TPSA) is 42.1 Å². The van der Waals surface area contributed by atoms with E-state index in [2.05, 4.69) is 9.72 Å². The van der Waals surface area contributed by atoms with E-state index < -0.39 is 6.36 Å². The van der Waals surface area contributed by atoms with Crippen LogP contribution in [0.25, 0.3) is 11.1 Å². The van der Waals surface area contributed by atoms with E-state index in [1.807, 2.05) is 0 Å². The van der Waals surface area contributed by atoms with E-state index in [1.54, 1.807) is 25.1 Å². The lowest BCUT2D eigenvalue weighted by Crippen LogP contribution is -2.17. The largest absolute Gasteiger partial charge is 0.573 e. The van der Waals surface area contributed by atoms with E-state index in [-0.39, 0.29) is 11.3 Å². The Bertz CT molecular complexity index is 647. The van der Waals surface area contributed by atoms with Crippen LogP contribution in [0, 0.1) is 6.92 Å². The van der Waals surface area contributed by atoms with E-state index in [9.17, 15) is 18.0 Å². The maximum absolute atomic E-state index is 12.1. The number of aromatic nitrogens is 1. The van der Waals surface area contributed by atoms with Crippen molar-refractivity contribution in [3.8, 4) is 16.9 Å². The zero-order valence-electron chi connectivity index (χ0n) is 9.91. The molecule has 0 amide bonds. The molecule has 0 aliphatic carbocycles. The number of benzene rings is 1. The highest BCUT2D eigenvalue weighted by Gasteiger charge is 2.31. The SMILES string of the molecule is Cc1ccc(-c2cccc(OC(F)(F)F)c2)c(=O)[nH]1. The highest BCUT2D eigenvalue weighted by molar-refractivity contribution is 5.64. The third-order valence-electron chi connectivity index (χ3n) is 2.43. The Kier molecular flexibility index (Phi) is 3.33. The summed E-state index contributed by atoms with van der Waals surface area (Å²) in [5.41, 5.74) is 0.974. The van der Waals surface area contributed by atoms with Crippen molar-refractivity contribution in [3.63, 3.8) is 0 Å². The van der Waals surface area contributed by atoms with Crippen molar-refractivity contribution in [2.45, 2.75) is 13.3 Å². The number of aryl methyl sites for hydroxylation is 1. The normalized spacial score (nSPS) is 11.4. The van der Waals surface area contributed by atoms with Crippen molar-refractivity contribution in [2.24, 2.45) is 0 Å². The predicted octanol–water partition coefficient (Wildman–Crippen LogP) is 3.25. The monoisotopic (exact) mass is 269 g/mol. The maximum Gasteiger partial charge on any atom is 0.573 e. The molecule has 3 nitrogen and oxygen atoms in total. The Morgan fingerprint density at radius 3 is 2.53 bits per heavy atom. The van der Waals surface area contributed by atoms with E-state index in [1.165, 1.54) is 18.2 Å². The van der Waals surface area contributed by atoms with E-state index in [0.717, 1.165) is 0 Å². The fourth-order valence-corrected chi connectivity index (χ4v) is 1.66. The number of hydrogen-bond acceptors (Lipinski definition) is 2. The molecule has 0 fully saturated rings. The summed E-state index contributed by atoms with van der Waals surface area (Å²) in [4.78, 5) is 14.3. The summed E-state index contributed by atoms with van der Waals surface area (Å²) < 4.78 is 40.2. The number of nitrogens with one attached hydrogen (secondary N) is 1. The van der Waals surface area contributed by atoms with Crippen LogP contribution in [0.15, 0.2) is 41.2 Å². The van der Waals surface area contributed by atoms with Crippen LogP contribution in [0.2, 0.25) is 0 Å². The summed E-state index contributed by atoms with van der Waals surface area (Å²) >= 11 is 0. The fourth-order valence-electron chi connectivity index (χ4n) is 1.66. The van der Waals surface area contributed by atoms with Gasteiger partial charge in [-0.25, -0.2) is 0 Å². The van der Waals surface area contributed by atoms with Crippen molar-refractivity contribution in [1.29, 1.82) is 0 Å². The molecule has 1 N–H and O–H groups in total. The third kappa shape index (κ3) is 3.37. The van der Waals surface area contributed by atoms with Gasteiger partial charge in [0.25, 0.3) is 5.56 Å². The molecule has 1 aromatic carbocycles. The minimum absolute atomic E-state index is 0.290. The van der Waals surface area contributed by atoms with E-state index in [0.29, 0.717) is 16.8 Å². The Balaban J connectivity index is 2.41. The van der Waals surface area contributed by atoms with Gasteiger partial charge < -0.3 is 9.72 Å². The molecule has 0 saturated heterocycles. The first-order valence-corrected chi connectivity index (χ1v) is 5.41. The van der Waals surface area contributed by atoms with E-state index in [4.69, 9.17) is 0 Å². The van der Waals surface area contributed by atoms with Crippen LogP contribution in [0.1, 0.15) is 5.69 Å². The first-order valence-electron chi connectivity index (χ1n) is 5.41. The van der Waals surface area contributed by atoms with Crippen LogP contribution in [0.3, 0.4) is 0 Å². The Morgan fingerprint density at radius 2 is 1.89 bits per heavy atom. The standard InChI is InChI=1S/C13H10F3NO2/c1-8-5-6-11(12(18)17-8)9-3-2-4-10(7-9)19-13(14,15)16/h2-7H,1H3,(H,17,18). The lowest BCUT2D eigenvalue weighted by atomic mass is 10.1. The molecule has 0 atom stereocenters. The molecule has 0 unspecified atom stereocenters. The summed E-state index contributed by atoms with van der Waals surface area (Å²) in [6, 6.07) is 8.53. The van der Waals surface area contributed by atoms with Crippen LogP contribution < -0.4 is 10.3 Å². The van der Waals surface area contributed by atoms with Crippen molar-refractivity contribution in [2.75, 3.05) is 0 Å². The quantitative estimate of drug-likeness (QED) is 0.909. The van der Waals surface area contributed by atoms with E-state index >= 15 is 0 Å². The minimum atomic E-state index is -4.75. The molecule has 6 heteroatoms. The smallest absolute Gasteiger partial charge is 0.406 e. The van der Waals surface area contributed by atoms with Gasteiger partial charge in [0, 0.05) is 11.3 Å². The van der Waals surface area contributed by atoms with Crippen LogP contribution in [-0.2, 0) is 0 Å². The number of rotatable bonds is 2. The van der Waals surface area contributed by atoms with Gasteiger partial charge in [-0.15, -0.1) is 13.2 Å². The molecule has 0 aliphatic rings. The predicted molar refractivity (Wildman–Crippen MR) is 63.9 cm³/mol. The molecule has 0 saturated carbocycles. The zero-order valence-corrected chi connectivity index (χ0v) is 9.91. The molecule has 19 heavy (non-hydrogen) atoms. The van der Waals surface area contributed by atoms with Gasteiger partial charge in [-0.05, 0) is 36.8 Å². The van der Waals surface area contributed by atoms with Crippen LogP contribution in [0.4, 0.5) is 13.2 Å². The van der Waals surface area contributed by atoms with Gasteiger partial charge in [-0.1, -0.05) is 12.1 Å². The molecule has 1 heterocycles. The number of pyridine rings is 1. The summed E-state index contributed by atoms with van der Waals surface area (Å²) in [6.45, 7) is 1.72. The zero-order chi connectivity index (χ0) is 14.0. The van der Waals surface area contributed by atoms with Gasteiger partial charge in [0.1, 0.15) is 5.75 Å². The molecule has 0 bridgehead atoms. The van der Waals surface area contributed by atoms with Gasteiger partial charge >= 0.3 is 6.36 Å². The first kappa shape index (κ1) is 13.2. The Hall–Kier alpha value is -2.24. The number of hydrogen-bond donors (Lipinski definition) is 1. The minimum Gasteiger partial charge on any atom is -0.406 e. The fraction of sp³-hybridized carbons (Fsp3) is 0.154. The van der Waals surface area contributed by atoms with Gasteiger partial charge in [-0.3, -0.25) is 4.79 Å². The lowest BCUT2D eigenvalue weighted by molar-refractivity contribution is -0.274. The summed E-state index contributed by atoms with van der Waals surface area (Å²) in [5.74, 6) is -0.357. The van der Waals surface area contributed by atoms with Gasteiger partial charge in [0.15, 0.2) is 0 Å². The number of halogens is 3.